The molecule has 0 saturated heterocycles. The normalized spacial score (nSPS) is 16.1. The molecule has 82 valence electrons. The maximum atomic E-state index is 11.6. The third-order valence-corrected chi connectivity index (χ3v) is 2.63. The molecule has 2 N–H and O–H groups in total. The number of ether oxygens (including phenoxy) is 1. The van der Waals surface area contributed by atoms with Gasteiger partial charge in [-0.1, -0.05) is 0 Å². The van der Waals surface area contributed by atoms with Gasteiger partial charge >= 0.3 is 5.97 Å². The largest absolute Gasteiger partial charge is 0.458 e. The highest BCUT2D eigenvalue weighted by Gasteiger charge is 2.25. The van der Waals surface area contributed by atoms with Crippen molar-refractivity contribution >= 4 is 11.7 Å². The van der Waals surface area contributed by atoms with Crippen LogP contribution in [0.4, 0.5) is 5.69 Å². The smallest absolute Gasteiger partial charge is 0.361 e. The molecule has 0 amide bonds. The summed E-state index contributed by atoms with van der Waals surface area (Å²) in [5.41, 5.74) is 6.30. The molecule has 1 saturated carbocycles. The van der Waals surface area contributed by atoms with E-state index in [2.05, 4.69) is 5.10 Å². The van der Waals surface area contributed by atoms with Crippen molar-refractivity contribution < 1.29 is 9.53 Å². The molecule has 0 spiro atoms. The second kappa shape index (κ2) is 3.92. The minimum absolute atomic E-state index is 0.0728. The molecule has 2 rings (SSSR count). The van der Waals surface area contributed by atoms with E-state index in [1.807, 2.05) is 6.92 Å². The number of carbonyl (C=O) groups is 1. The Balaban J connectivity index is 2.06. The van der Waals surface area contributed by atoms with Crippen molar-refractivity contribution in [2.24, 2.45) is 0 Å². The zero-order valence-corrected chi connectivity index (χ0v) is 8.77. The van der Waals surface area contributed by atoms with Crippen LogP contribution in [0.3, 0.4) is 0 Å². The van der Waals surface area contributed by atoms with Crippen LogP contribution in [0.1, 0.15) is 36.7 Å². The molecule has 1 aliphatic rings. The molecule has 0 aliphatic heterocycles. The summed E-state index contributed by atoms with van der Waals surface area (Å²) < 4.78 is 6.85. The third kappa shape index (κ3) is 1.95. The first-order chi connectivity index (χ1) is 7.20. The van der Waals surface area contributed by atoms with Crippen LogP contribution in [0.25, 0.3) is 0 Å². The summed E-state index contributed by atoms with van der Waals surface area (Å²) in [6.45, 7) is 2.63. The van der Waals surface area contributed by atoms with Crippen LogP contribution < -0.4 is 5.73 Å². The number of rotatable bonds is 3. The van der Waals surface area contributed by atoms with Crippen molar-refractivity contribution in [1.29, 1.82) is 0 Å². The molecule has 1 aliphatic carbocycles. The SMILES string of the molecule is CCn1cc(N)c(C(=O)OC2CCC2)n1. The van der Waals surface area contributed by atoms with E-state index in [1.54, 1.807) is 10.9 Å². The lowest BCUT2D eigenvalue weighted by Crippen LogP contribution is -2.25. The summed E-state index contributed by atoms with van der Waals surface area (Å²) in [7, 11) is 0. The Labute approximate surface area is 88.2 Å². The fourth-order valence-corrected chi connectivity index (χ4v) is 1.45. The number of anilines is 1. The van der Waals surface area contributed by atoms with Gasteiger partial charge in [0.15, 0.2) is 5.69 Å². The second-order valence-electron chi connectivity index (χ2n) is 3.75. The standard InChI is InChI=1S/C10H15N3O2/c1-2-13-6-8(11)9(12-13)10(14)15-7-4-3-5-7/h6-7H,2-5,11H2,1H3. The Hall–Kier alpha value is -1.52. The molecular formula is C10H15N3O2. The Kier molecular flexibility index (Phi) is 2.62. The van der Waals surface area contributed by atoms with E-state index < -0.39 is 5.97 Å². The zero-order valence-electron chi connectivity index (χ0n) is 8.77. The van der Waals surface area contributed by atoms with Gasteiger partial charge in [-0.25, -0.2) is 4.79 Å². The van der Waals surface area contributed by atoms with Crippen molar-refractivity contribution in [3.05, 3.63) is 11.9 Å². The van der Waals surface area contributed by atoms with Gasteiger partial charge in [0.1, 0.15) is 6.10 Å². The number of nitrogens with two attached hydrogens (primary N) is 1. The Morgan fingerprint density at radius 3 is 2.93 bits per heavy atom. The first kappa shape index (κ1) is 10.0. The van der Waals surface area contributed by atoms with Crippen LogP contribution in [0, 0.1) is 0 Å². The number of carbonyl (C=O) groups excluding carboxylic acids is 1. The fourth-order valence-electron chi connectivity index (χ4n) is 1.45. The molecule has 5 nitrogen and oxygen atoms in total. The Morgan fingerprint density at radius 2 is 2.47 bits per heavy atom. The van der Waals surface area contributed by atoms with Crippen LogP contribution in [0.2, 0.25) is 0 Å². The van der Waals surface area contributed by atoms with E-state index in [0.29, 0.717) is 12.2 Å². The van der Waals surface area contributed by atoms with Gasteiger partial charge in [-0.15, -0.1) is 0 Å². The summed E-state index contributed by atoms with van der Waals surface area (Å²) in [4.78, 5) is 11.6. The van der Waals surface area contributed by atoms with Gasteiger partial charge in [-0.3, -0.25) is 4.68 Å². The average Bonchev–Trinajstić information content (AvgIpc) is 2.53. The van der Waals surface area contributed by atoms with Crippen LogP contribution in [0.5, 0.6) is 0 Å². The minimum atomic E-state index is -0.399. The van der Waals surface area contributed by atoms with E-state index >= 15 is 0 Å². The lowest BCUT2D eigenvalue weighted by Gasteiger charge is -2.24. The van der Waals surface area contributed by atoms with Crippen LogP contribution in [-0.4, -0.2) is 21.9 Å². The topological polar surface area (TPSA) is 70.1 Å². The van der Waals surface area contributed by atoms with Crippen molar-refractivity contribution in [2.75, 3.05) is 5.73 Å². The van der Waals surface area contributed by atoms with E-state index in [-0.39, 0.29) is 11.8 Å². The van der Waals surface area contributed by atoms with Crippen molar-refractivity contribution in [3.8, 4) is 0 Å². The van der Waals surface area contributed by atoms with Gasteiger partial charge in [0.05, 0.1) is 5.69 Å². The molecular weight excluding hydrogens is 194 g/mol. The molecule has 1 aromatic heterocycles. The van der Waals surface area contributed by atoms with Gasteiger partial charge < -0.3 is 10.5 Å². The number of nitrogen functional groups attached to an aromatic ring is 1. The van der Waals surface area contributed by atoms with E-state index in [1.165, 1.54) is 0 Å². The molecule has 0 bridgehead atoms. The van der Waals surface area contributed by atoms with E-state index in [0.717, 1.165) is 19.3 Å². The Bertz CT molecular complexity index is 369. The highest BCUT2D eigenvalue weighted by atomic mass is 16.5. The monoisotopic (exact) mass is 209 g/mol. The second-order valence-corrected chi connectivity index (χ2v) is 3.75. The number of hydrogen-bond donors (Lipinski definition) is 1. The van der Waals surface area contributed by atoms with Gasteiger partial charge in [0, 0.05) is 12.7 Å². The van der Waals surface area contributed by atoms with E-state index in [4.69, 9.17) is 10.5 Å². The summed E-state index contributed by atoms with van der Waals surface area (Å²) in [6, 6.07) is 0. The quantitative estimate of drug-likeness (QED) is 0.759. The van der Waals surface area contributed by atoms with Gasteiger partial charge in [-0.2, -0.15) is 5.10 Å². The number of hydrogen-bond acceptors (Lipinski definition) is 4. The zero-order chi connectivity index (χ0) is 10.8. The summed E-state index contributed by atoms with van der Waals surface area (Å²) in [5.74, 6) is -0.399. The number of aryl methyl sites for hydroxylation is 1. The number of nitrogens with zero attached hydrogens (tertiary/aromatic N) is 2. The van der Waals surface area contributed by atoms with Crippen molar-refractivity contribution in [2.45, 2.75) is 38.8 Å². The first-order valence-electron chi connectivity index (χ1n) is 5.24. The highest BCUT2D eigenvalue weighted by molar-refractivity contribution is 5.92. The predicted molar refractivity (Wildman–Crippen MR) is 55.4 cm³/mol. The van der Waals surface area contributed by atoms with Gasteiger partial charge in [0.25, 0.3) is 0 Å². The molecule has 15 heavy (non-hydrogen) atoms. The average molecular weight is 209 g/mol. The lowest BCUT2D eigenvalue weighted by atomic mass is 9.96. The van der Waals surface area contributed by atoms with E-state index in [9.17, 15) is 4.79 Å². The Morgan fingerprint density at radius 1 is 1.73 bits per heavy atom. The lowest BCUT2D eigenvalue weighted by molar-refractivity contribution is 0.00840. The molecule has 5 heteroatoms. The molecule has 1 fully saturated rings. The fraction of sp³-hybridized carbons (Fsp3) is 0.600. The molecule has 1 heterocycles. The predicted octanol–water partition coefficient (Wildman–Crippen LogP) is 1.19. The summed E-state index contributed by atoms with van der Waals surface area (Å²) in [5, 5.41) is 4.06. The van der Waals surface area contributed by atoms with Gasteiger partial charge in [0.2, 0.25) is 0 Å². The van der Waals surface area contributed by atoms with Crippen LogP contribution >= 0.6 is 0 Å². The van der Waals surface area contributed by atoms with Crippen LogP contribution in [0.15, 0.2) is 6.20 Å². The van der Waals surface area contributed by atoms with Crippen LogP contribution in [-0.2, 0) is 11.3 Å². The summed E-state index contributed by atoms with van der Waals surface area (Å²) >= 11 is 0. The molecule has 0 unspecified atom stereocenters. The molecule has 0 radical (unpaired) electrons. The third-order valence-electron chi connectivity index (χ3n) is 2.63. The van der Waals surface area contributed by atoms with Crippen molar-refractivity contribution in [3.63, 3.8) is 0 Å². The van der Waals surface area contributed by atoms with Crippen molar-refractivity contribution in [1.82, 2.24) is 9.78 Å². The minimum Gasteiger partial charge on any atom is -0.458 e. The summed E-state index contributed by atoms with van der Waals surface area (Å²) in [6.07, 6.45) is 4.78. The number of esters is 1. The molecule has 0 aromatic carbocycles. The number of aromatic nitrogens is 2. The maximum absolute atomic E-state index is 11.6. The molecule has 0 atom stereocenters. The van der Waals surface area contributed by atoms with Gasteiger partial charge in [-0.05, 0) is 26.2 Å². The molecule has 1 aromatic rings. The highest BCUT2D eigenvalue weighted by Crippen LogP contribution is 2.23. The first-order valence-corrected chi connectivity index (χ1v) is 5.24. The maximum Gasteiger partial charge on any atom is 0.361 e.